The van der Waals surface area contributed by atoms with Gasteiger partial charge in [-0.3, -0.25) is 9.78 Å². The van der Waals surface area contributed by atoms with Gasteiger partial charge in [0, 0.05) is 25.0 Å². The van der Waals surface area contributed by atoms with Gasteiger partial charge in [0.05, 0.1) is 18.4 Å². The quantitative estimate of drug-likeness (QED) is 0.916. The van der Waals surface area contributed by atoms with Gasteiger partial charge in [-0.2, -0.15) is 0 Å². The van der Waals surface area contributed by atoms with Gasteiger partial charge < -0.3 is 9.88 Å². The number of pyridine rings is 1. The average Bonchev–Trinajstić information content (AvgIpc) is 3.30. The van der Waals surface area contributed by atoms with Crippen LogP contribution in [0, 0.1) is 24.7 Å². The molecule has 5 heteroatoms. The van der Waals surface area contributed by atoms with Crippen molar-refractivity contribution in [3.63, 3.8) is 0 Å². The summed E-state index contributed by atoms with van der Waals surface area (Å²) in [5.74, 6) is 3.19. The Kier molecular flexibility index (Phi) is 4.08. The third kappa shape index (κ3) is 3.07. The monoisotopic (exact) mass is 324 g/mol. The molecule has 3 unspecified atom stereocenters. The molecule has 2 saturated carbocycles. The summed E-state index contributed by atoms with van der Waals surface area (Å²) < 4.78 is 0. The van der Waals surface area contributed by atoms with Crippen LogP contribution in [0.1, 0.15) is 43.5 Å². The van der Waals surface area contributed by atoms with Crippen LogP contribution in [-0.2, 0) is 11.3 Å². The van der Waals surface area contributed by atoms with Crippen LogP contribution in [0.25, 0.3) is 0 Å². The molecule has 3 atom stereocenters. The van der Waals surface area contributed by atoms with Crippen molar-refractivity contribution in [2.45, 2.75) is 45.6 Å². The van der Waals surface area contributed by atoms with E-state index < -0.39 is 0 Å². The molecule has 0 aliphatic heterocycles. The van der Waals surface area contributed by atoms with Gasteiger partial charge in [0.15, 0.2) is 0 Å². The number of aryl methyl sites for hydroxylation is 1. The van der Waals surface area contributed by atoms with Crippen LogP contribution in [-0.4, -0.2) is 20.9 Å². The second kappa shape index (κ2) is 6.38. The fourth-order valence-electron chi connectivity index (χ4n) is 4.51. The van der Waals surface area contributed by atoms with Crippen LogP contribution in [0.15, 0.2) is 30.9 Å². The van der Waals surface area contributed by atoms with E-state index in [1.807, 2.05) is 24.1 Å². The summed E-state index contributed by atoms with van der Waals surface area (Å²) >= 11 is 0. The van der Waals surface area contributed by atoms with E-state index in [1.165, 1.54) is 25.7 Å². The number of rotatable bonds is 5. The fraction of sp³-hybridized carbons (Fsp3) is 0.526. The minimum absolute atomic E-state index is 0.191. The number of hydrogen-bond donors (Lipinski definition) is 1. The van der Waals surface area contributed by atoms with Crippen molar-refractivity contribution in [1.82, 2.24) is 15.0 Å². The molecule has 2 aliphatic carbocycles. The Labute approximate surface area is 142 Å². The molecule has 2 aromatic heterocycles. The highest BCUT2D eigenvalue weighted by Gasteiger charge is 2.40. The first-order chi connectivity index (χ1) is 11.7. The molecule has 4 rings (SSSR count). The van der Waals surface area contributed by atoms with Crippen molar-refractivity contribution >= 4 is 11.6 Å². The molecule has 0 spiro atoms. The maximum Gasteiger partial charge on any atom is 0.227 e. The molecule has 0 aromatic carbocycles. The van der Waals surface area contributed by atoms with Gasteiger partial charge in [-0.05, 0) is 55.6 Å². The number of amides is 1. The maximum atomic E-state index is 13.1. The van der Waals surface area contributed by atoms with Crippen LogP contribution >= 0.6 is 0 Å². The standard InChI is InChI=1S/C19H24N4O/c1-13-6-17(11-20-10-13)23(12-18-21-4-5-22-18)19(24)9-16-8-14-2-3-15(16)7-14/h4-6,10-11,14-16H,2-3,7-9,12H2,1H3,(H,21,22). The summed E-state index contributed by atoms with van der Waals surface area (Å²) in [5, 5.41) is 0. The van der Waals surface area contributed by atoms with Crippen LogP contribution in [0.3, 0.4) is 0 Å². The molecule has 5 nitrogen and oxygen atoms in total. The molecule has 2 aromatic rings. The first kappa shape index (κ1) is 15.4. The van der Waals surface area contributed by atoms with Crippen molar-refractivity contribution in [1.29, 1.82) is 0 Å². The molecular formula is C19H24N4O. The summed E-state index contributed by atoms with van der Waals surface area (Å²) in [5.41, 5.74) is 1.92. The van der Waals surface area contributed by atoms with Gasteiger partial charge >= 0.3 is 0 Å². The number of carbonyl (C=O) groups is 1. The summed E-state index contributed by atoms with van der Waals surface area (Å²) in [7, 11) is 0. The predicted octanol–water partition coefficient (Wildman–Crippen LogP) is 3.47. The molecule has 24 heavy (non-hydrogen) atoms. The van der Waals surface area contributed by atoms with Crippen molar-refractivity contribution in [3.8, 4) is 0 Å². The zero-order chi connectivity index (χ0) is 16.5. The van der Waals surface area contributed by atoms with Crippen molar-refractivity contribution < 1.29 is 4.79 Å². The Hall–Kier alpha value is -2.17. The molecule has 2 bridgehead atoms. The number of aromatic nitrogens is 3. The number of H-pyrrole nitrogens is 1. The number of carbonyl (C=O) groups excluding carboxylic acids is 1. The molecule has 2 heterocycles. The van der Waals surface area contributed by atoms with Gasteiger partial charge in [0.2, 0.25) is 5.91 Å². The molecular weight excluding hydrogens is 300 g/mol. The normalized spacial score (nSPS) is 25.1. The Morgan fingerprint density at radius 1 is 1.33 bits per heavy atom. The van der Waals surface area contributed by atoms with Crippen LogP contribution < -0.4 is 4.90 Å². The lowest BCUT2D eigenvalue weighted by molar-refractivity contribution is -0.120. The first-order valence-corrected chi connectivity index (χ1v) is 8.89. The summed E-state index contributed by atoms with van der Waals surface area (Å²) in [4.78, 5) is 26.6. The number of hydrogen-bond acceptors (Lipinski definition) is 3. The lowest BCUT2D eigenvalue weighted by Gasteiger charge is -2.26. The van der Waals surface area contributed by atoms with E-state index in [4.69, 9.17) is 0 Å². The Balaban J connectivity index is 1.53. The first-order valence-electron chi connectivity index (χ1n) is 8.89. The number of fused-ring (bicyclic) bond motifs is 2. The molecule has 126 valence electrons. The Morgan fingerprint density at radius 3 is 2.92 bits per heavy atom. The van der Waals surface area contributed by atoms with Gasteiger partial charge in [-0.1, -0.05) is 6.42 Å². The van der Waals surface area contributed by atoms with E-state index >= 15 is 0 Å². The predicted molar refractivity (Wildman–Crippen MR) is 92.3 cm³/mol. The van der Waals surface area contributed by atoms with Gasteiger partial charge in [-0.15, -0.1) is 0 Å². The van der Waals surface area contributed by atoms with Gasteiger partial charge in [0.25, 0.3) is 0 Å². The minimum atomic E-state index is 0.191. The highest BCUT2D eigenvalue weighted by Crippen LogP contribution is 2.49. The molecule has 1 N–H and O–H groups in total. The van der Waals surface area contributed by atoms with E-state index in [0.29, 0.717) is 18.9 Å². The van der Waals surface area contributed by atoms with Gasteiger partial charge in [0.1, 0.15) is 5.82 Å². The SMILES string of the molecule is Cc1cncc(N(Cc2ncc[nH]2)C(=O)CC2CC3CCC2C3)c1. The Morgan fingerprint density at radius 2 is 2.25 bits per heavy atom. The van der Waals surface area contributed by atoms with E-state index in [0.717, 1.165) is 28.9 Å². The van der Waals surface area contributed by atoms with E-state index in [1.54, 1.807) is 18.6 Å². The number of nitrogens with one attached hydrogen (secondary N) is 1. The highest BCUT2D eigenvalue weighted by atomic mass is 16.2. The molecule has 0 radical (unpaired) electrons. The largest absolute Gasteiger partial charge is 0.347 e. The molecule has 1 amide bonds. The zero-order valence-corrected chi connectivity index (χ0v) is 14.1. The van der Waals surface area contributed by atoms with E-state index in [-0.39, 0.29) is 5.91 Å². The lowest BCUT2D eigenvalue weighted by Crippen LogP contribution is -2.33. The number of anilines is 1. The van der Waals surface area contributed by atoms with E-state index in [9.17, 15) is 4.79 Å². The second-order valence-electron chi connectivity index (χ2n) is 7.38. The number of imidazole rings is 1. The van der Waals surface area contributed by atoms with Crippen LogP contribution in [0.4, 0.5) is 5.69 Å². The lowest BCUT2D eigenvalue weighted by atomic mass is 9.86. The van der Waals surface area contributed by atoms with Crippen molar-refractivity contribution in [3.05, 3.63) is 42.2 Å². The third-order valence-electron chi connectivity index (χ3n) is 5.66. The maximum absolute atomic E-state index is 13.1. The molecule has 0 saturated heterocycles. The fourth-order valence-corrected chi connectivity index (χ4v) is 4.51. The summed E-state index contributed by atoms with van der Waals surface area (Å²) in [6.07, 6.45) is 13.0. The van der Waals surface area contributed by atoms with Crippen molar-refractivity contribution in [2.24, 2.45) is 17.8 Å². The topological polar surface area (TPSA) is 61.9 Å². The highest BCUT2D eigenvalue weighted by molar-refractivity contribution is 5.93. The zero-order valence-electron chi connectivity index (χ0n) is 14.1. The van der Waals surface area contributed by atoms with Crippen LogP contribution in [0.2, 0.25) is 0 Å². The molecule has 2 aliphatic rings. The average molecular weight is 324 g/mol. The summed E-state index contributed by atoms with van der Waals surface area (Å²) in [6, 6.07) is 2.02. The number of nitrogens with zero attached hydrogens (tertiary/aromatic N) is 3. The van der Waals surface area contributed by atoms with Crippen molar-refractivity contribution in [2.75, 3.05) is 4.90 Å². The van der Waals surface area contributed by atoms with Gasteiger partial charge in [-0.25, -0.2) is 4.98 Å². The summed E-state index contributed by atoms with van der Waals surface area (Å²) in [6.45, 7) is 2.47. The minimum Gasteiger partial charge on any atom is -0.347 e. The Bertz CT molecular complexity index is 712. The smallest absolute Gasteiger partial charge is 0.227 e. The third-order valence-corrected chi connectivity index (χ3v) is 5.66. The number of aromatic amines is 1. The van der Waals surface area contributed by atoms with E-state index in [2.05, 4.69) is 15.0 Å². The van der Waals surface area contributed by atoms with Crippen LogP contribution in [0.5, 0.6) is 0 Å². The molecule has 2 fully saturated rings. The second-order valence-corrected chi connectivity index (χ2v) is 7.38.